The van der Waals surface area contributed by atoms with Crippen molar-refractivity contribution in [3.05, 3.63) is 89.5 Å². The minimum atomic E-state index is -1.51. The molecule has 0 saturated carbocycles. The molecule has 0 radical (unpaired) electrons. The van der Waals surface area contributed by atoms with Crippen LogP contribution in [-0.4, -0.2) is 38.2 Å². The number of ether oxygens (including phenoxy) is 3. The highest BCUT2D eigenvalue weighted by Crippen LogP contribution is 2.60. The fourth-order valence-electron chi connectivity index (χ4n) is 5.71. The van der Waals surface area contributed by atoms with Crippen LogP contribution in [0, 0.1) is 5.41 Å². The molecule has 0 bridgehead atoms. The fourth-order valence-corrected chi connectivity index (χ4v) is 5.71. The Hall–Kier alpha value is -3.64. The van der Waals surface area contributed by atoms with E-state index >= 15 is 0 Å². The van der Waals surface area contributed by atoms with Gasteiger partial charge in [-0.1, -0.05) is 60.7 Å². The molecule has 174 valence electrons. The van der Waals surface area contributed by atoms with Gasteiger partial charge >= 0.3 is 11.9 Å². The lowest BCUT2D eigenvalue weighted by Gasteiger charge is -2.34. The second kappa shape index (κ2) is 8.61. The summed E-state index contributed by atoms with van der Waals surface area (Å²) in [4.78, 5) is 29.2. The highest BCUT2D eigenvalue weighted by Gasteiger charge is 2.64. The monoisotopic (exact) mass is 457 g/mol. The average molecular weight is 458 g/mol. The molecule has 2 aliphatic heterocycles. The Morgan fingerprint density at radius 1 is 0.824 bits per heavy atom. The van der Waals surface area contributed by atoms with E-state index < -0.39 is 23.4 Å². The van der Waals surface area contributed by atoms with Gasteiger partial charge in [-0.2, -0.15) is 0 Å². The van der Waals surface area contributed by atoms with Gasteiger partial charge in [0.05, 0.1) is 27.4 Å². The maximum atomic E-state index is 13.5. The van der Waals surface area contributed by atoms with Crippen molar-refractivity contribution in [2.75, 3.05) is 21.3 Å². The molecule has 0 amide bonds. The summed E-state index contributed by atoms with van der Waals surface area (Å²) in [5.41, 5.74) is 3.66. The van der Waals surface area contributed by atoms with Crippen molar-refractivity contribution in [2.45, 2.75) is 25.0 Å². The van der Waals surface area contributed by atoms with E-state index in [1.165, 1.54) is 14.2 Å². The molecule has 0 unspecified atom stereocenters. The van der Waals surface area contributed by atoms with Gasteiger partial charge in [-0.05, 0) is 46.4 Å². The van der Waals surface area contributed by atoms with Gasteiger partial charge in [-0.25, -0.2) is 0 Å². The number of rotatable bonds is 4. The number of hydrogen-bond acceptors (Lipinski definition) is 6. The number of methoxy groups -OCH3 is 3. The Kier molecular flexibility index (Phi) is 5.62. The third-order valence-corrected chi connectivity index (χ3v) is 7.23. The fraction of sp³-hybridized carbons (Fsp3) is 0.286. The van der Waals surface area contributed by atoms with Gasteiger partial charge < -0.3 is 14.2 Å². The Bertz CT molecular complexity index is 1220. The molecule has 2 heterocycles. The van der Waals surface area contributed by atoms with Crippen molar-refractivity contribution in [3.63, 3.8) is 0 Å². The summed E-state index contributed by atoms with van der Waals surface area (Å²) in [5.74, 6) is -0.408. The number of hydrogen-bond donors (Lipinski definition) is 0. The van der Waals surface area contributed by atoms with Crippen LogP contribution in [0.5, 0.6) is 5.75 Å². The topological polar surface area (TPSA) is 65.1 Å². The molecule has 1 saturated heterocycles. The number of esters is 2. The van der Waals surface area contributed by atoms with E-state index in [9.17, 15) is 9.59 Å². The molecule has 2 aliphatic rings. The van der Waals surface area contributed by atoms with Gasteiger partial charge in [0.25, 0.3) is 0 Å². The summed E-state index contributed by atoms with van der Waals surface area (Å²) in [6.45, 7) is 0.571. The molecule has 0 spiro atoms. The van der Waals surface area contributed by atoms with Gasteiger partial charge in [-0.3, -0.25) is 14.5 Å². The van der Waals surface area contributed by atoms with Crippen LogP contribution in [0.15, 0.2) is 72.8 Å². The van der Waals surface area contributed by atoms with Crippen LogP contribution in [0.1, 0.15) is 35.2 Å². The predicted molar refractivity (Wildman–Crippen MR) is 127 cm³/mol. The summed E-state index contributed by atoms with van der Waals surface area (Å²) < 4.78 is 15.9. The number of carbonyl (C=O) groups is 2. The number of nitrogens with zero attached hydrogens (tertiary/aromatic N) is 1. The summed E-state index contributed by atoms with van der Waals surface area (Å²) >= 11 is 0. The largest absolute Gasteiger partial charge is 0.497 e. The lowest BCUT2D eigenvalue weighted by Crippen LogP contribution is -2.45. The lowest BCUT2D eigenvalue weighted by atomic mass is 9.74. The zero-order chi connectivity index (χ0) is 23.9. The van der Waals surface area contributed by atoms with Crippen LogP contribution in [0.2, 0.25) is 0 Å². The molecule has 0 N–H and O–H groups in total. The van der Waals surface area contributed by atoms with Crippen LogP contribution in [0.4, 0.5) is 0 Å². The molecular formula is C28H27NO5. The first-order chi connectivity index (χ1) is 16.5. The Morgan fingerprint density at radius 3 is 2.09 bits per heavy atom. The molecule has 3 aromatic rings. The normalized spacial score (nSPS) is 20.3. The zero-order valence-corrected chi connectivity index (χ0v) is 19.5. The summed E-state index contributed by atoms with van der Waals surface area (Å²) in [7, 11) is 4.29. The van der Waals surface area contributed by atoms with E-state index in [1.807, 2.05) is 54.6 Å². The lowest BCUT2D eigenvalue weighted by molar-refractivity contribution is -0.171. The molecule has 34 heavy (non-hydrogen) atoms. The van der Waals surface area contributed by atoms with Crippen LogP contribution >= 0.6 is 0 Å². The number of carbonyl (C=O) groups excluding carboxylic acids is 2. The second-order valence-corrected chi connectivity index (χ2v) is 8.77. The predicted octanol–water partition coefficient (Wildman–Crippen LogP) is 4.70. The van der Waals surface area contributed by atoms with E-state index in [0.717, 1.165) is 33.6 Å². The van der Waals surface area contributed by atoms with Crippen molar-refractivity contribution in [3.8, 4) is 16.9 Å². The highest BCUT2D eigenvalue weighted by atomic mass is 16.5. The van der Waals surface area contributed by atoms with Crippen LogP contribution in [0.3, 0.4) is 0 Å². The highest BCUT2D eigenvalue weighted by molar-refractivity contribution is 6.02. The molecule has 0 aromatic heterocycles. The first-order valence-corrected chi connectivity index (χ1v) is 11.3. The van der Waals surface area contributed by atoms with E-state index in [2.05, 4.69) is 23.1 Å². The van der Waals surface area contributed by atoms with Gasteiger partial charge in [0.2, 0.25) is 0 Å². The summed E-state index contributed by atoms with van der Waals surface area (Å²) in [6, 6.07) is 23.3. The molecular weight excluding hydrogens is 430 g/mol. The van der Waals surface area contributed by atoms with Crippen molar-refractivity contribution >= 4 is 11.9 Å². The molecule has 1 fully saturated rings. The van der Waals surface area contributed by atoms with Crippen LogP contribution < -0.4 is 4.74 Å². The van der Waals surface area contributed by atoms with Crippen molar-refractivity contribution in [1.29, 1.82) is 0 Å². The molecule has 6 heteroatoms. The average Bonchev–Trinajstić information content (AvgIpc) is 3.15. The molecule has 3 aromatic carbocycles. The van der Waals surface area contributed by atoms with E-state index in [0.29, 0.717) is 6.54 Å². The van der Waals surface area contributed by atoms with Gasteiger partial charge in [0.15, 0.2) is 5.41 Å². The zero-order valence-electron chi connectivity index (χ0n) is 19.5. The summed E-state index contributed by atoms with van der Waals surface area (Å²) in [6.07, 6.45) is 0.250. The minimum Gasteiger partial charge on any atom is -0.497 e. The van der Waals surface area contributed by atoms with Crippen molar-refractivity contribution in [2.24, 2.45) is 5.41 Å². The van der Waals surface area contributed by atoms with E-state index in [1.54, 1.807) is 7.11 Å². The Morgan fingerprint density at radius 2 is 1.44 bits per heavy atom. The smallest absolute Gasteiger partial charge is 0.325 e. The summed E-state index contributed by atoms with van der Waals surface area (Å²) in [5, 5.41) is 0. The van der Waals surface area contributed by atoms with Crippen LogP contribution in [0.25, 0.3) is 11.1 Å². The minimum absolute atomic E-state index is 0.215. The Balaban J connectivity index is 1.78. The SMILES string of the molecule is COC(=O)C1(C(=O)OC)C[C@@H](c2ccc(OC)cc2)N2Cc3ccccc3-c3ccccc3[C@@H]21. The van der Waals surface area contributed by atoms with Gasteiger partial charge in [0.1, 0.15) is 5.75 Å². The third kappa shape index (κ3) is 3.21. The maximum Gasteiger partial charge on any atom is 0.325 e. The van der Waals surface area contributed by atoms with Crippen molar-refractivity contribution < 1.29 is 23.8 Å². The first-order valence-electron chi connectivity index (χ1n) is 11.3. The third-order valence-electron chi connectivity index (χ3n) is 7.23. The number of fused-ring (bicyclic) bond motifs is 5. The molecule has 0 aliphatic carbocycles. The number of benzene rings is 3. The standard InChI is InChI=1S/C28H27NO5/c1-32-20-14-12-18(13-15-20)24-16-28(26(30)33-2,27(31)34-3)25-23-11-7-6-10-22(23)21-9-5-4-8-19(21)17-29(24)25/h4-15,24-25H,16-17H2,1-3H3/t24-,25+/m0/s1. The second-order valence-electron chi connectivity index (χ2n) is 8.77. The van der Waals surface area contributed by atoms with Crippen molar-refractivity contribution in [1.82, 2.24) is 4.90 Å². The Labute approximate surface area is 199 Å². The molecule has 2 atom stereocenters. The van der Waals surface area contributed by atoms with Gasteiger partial charge in [0, 0.05) is 12.6 Å². The van der Waals surface area contributed by atoms with E-state index in [4.69, 9.17) is 14.2 Å². The van der Waals surface area contributed by atoms with Gasteiger partial charge in [-0.15, -0.1) is 0 Å². The quantitative estimate of drug-likeness (QED) is 0.418. The molecule has 6 nitrogen and oxygen atoms in total. The van der Waals surface area contributed by atoms with Crippen LogP contribution in [-0.2, 0) is 25.6 Å². The van der Waals surface area contributed by atoms with E-state index in [-0.39, 0.29) is 12.5 Å². The molecule has 5 rings (SSSR count). The first kappa shape index (κ1) is 22.2. The maximum absolute atomic E-state index is 13.5.